The van der Waals surface area contributed by atoms with Crippen LogP contribution in [0.25, 0.3) is 11.1 Å². The van der Waals surface area contributed by atoms with Crippen molar-refractivity contribution in [3.63, 3.8) is 0 Å². The lowest BCUT2D eigenvalue weighted by atomic mass is 9.96. The minimum absolute atomic E-state index is 0.0124. The standard InChI is InChI=1S/C45H49N3O8/c1-54-29-40-42(31-17-7-3-8-18-31)56-44(52)39(48-45(53)55-28-38-36-22-13-11-20-34(36)35-21-12-14-23-37(35)38)24-10-4-9-19-32(43(51)47-40)26-41(50)46-33(27-49)25-30-15-5-2-6-16-30/h2-9,11-18,20-23,32-33,38-40,42,49H,10,19,24-29H2,1H3,(H,46,50)(H,47,51)(H,48,53). The molecular weight excluding hydrogens is 711 g/mol. The molecule has 6 rings (SSSR count). The predicted molar refractivity (Wildman–Crippen MR) is 211 cm³/mol. The zero-order valence-electron chi connectivity index (χ0n) is 31.5. The normalized spacial score (nSPS) is 20.5. The monoisotopic (exact) mass is 759 g/mol. The van der Waals surface area contributed by atoms with Crippen LogP contribution in [0.5, 0.6) is 0 Å². The minimum atomic E-state index is -1.07. The number of carbonyl (C=O) groups is 4. The van der Waals surface area contributed by atoms with Crippen LogP contribution >= 0.6 is 0 Å². The van der Waals surface area contributed by atoms with Crippen molar-refractivity contribution < 1.29 is 38.5 Å². The number of esters is 1. The van der Waals surface area contributed by atoms with Crippen molar-refractivity contribution in [2.75, 3.05) is 26.9 Å². The number of hydrogen-bond donors (Lipinski definition) is 4. The molecule has 0 saturated carbocycles. The number of cyclic esters (lactones) is 1. The Morgan fingerprint density at radius 1 is 0.857 bits per heavy atom. The van der Waals surface area contributed by atoms with Crippen molar-refractivity contribution in [2.24, 2.45) is 5.92 Å². The minimum Gasteiger partial charge on any atom is -0.454 e. The van der Waals surface area contributed by atoms with Gasteiger partial charge in [-0.2, -0.15) is 0 Å². The number of benzene rings is 4. The highest BCUT2D eigenvalue weighted by Crippen LogP contribution is 2.44. The lowest BCUT2D eigenvalue weighted by Crippen LogP contribution is -2.49. The number of hydrogen-bond acceptors (Lipinski definition) is 8. The number of aliphatic hydroxyl groups excluding tert-OH is 1. The first-order valence-corrected chi connectivity index (χ1v) is 19.1. The van der Waals surface area contributed by atoms with Crippen LogP contribution in [0.2, 0.25) is 0 Å². The third-order valence-corrected chi connectivity index (χ3v) is 10.3. The summed E-state index contributed by atoms with van der Waals surface area (Å²) in [5.41, 5.74) is 5.92. The van der Waals surface area contributed by atoms with Gasteiger partial charge in [-0.1, -0.05) is 121 Å². The second-order valence-electron chi connectivity index (χ2n) is 14.2. The van der Waals surface area contributed by atoms with Crippen LogP contribution in [0.3, 0.4) is 0 Å². The van der Waals surface area contributed by atoms with Gasteiger partial charge in [0, 0.05) is 19.4 Å². The van der Waals surface area contributed by atoms with Crippen molar-refractivity contribution >= 4 is 23.9 Å². The smallest absolute Gasteiger partial charge is 0.407 e. The van der Waals surface area contributed by atoms with Gasteiger partial charge in [0.15, 0.2) is 0 Å². The van der Waals surface area contributed by atoms with E-state index in [1.165, 1.54) is 7.11 Å². The molecule has 4 aromatic rings. The molecule has 0 aromatic heterocycles. The van der Waals surface area contributed by atoms with Gasteiger partial charge < -0.3 is 35.3 Å². The van der Waals surface area contributed by atoms with E-state index in [0.717, 1.165) is 27.8 Å². The van der Waals surface area contributed by atoms with E-state index in [0.29, 0.717) is 18.4 Å². The molecule has 3 amide bonds. The van der Waals surface area contributed by atoms with E-state index >= 15 is 0 Å². The molecule has 4 aromatic carbocycles. The lowest BCUT2D eigenvalue weighted by Gasteiger charge is -2.30. The van der Waals surface area contributed by atoms with Gasteiger partial charge in [-0.3, -0.25) is 9.59 Å². The molecule has 4 N–H and O–H groups in total. The fourth-order valence-electron chi connectivity index (χ4n) is 7.44. The first kappa shape index (κ1) is 39.9. The number of fused-ring (bicyclic) bond motifs is 3. The summed E-state index contributed by atoms with van der Waals surface area (Å²) in [5, 5.41) is 18.6. The van der Waals surface area contributed by atoms with Crippen molar-refractivity contribution in [3.05, 3.63) is 144 Å². The highest BCUT2D eigenvalue weighted by molar-refractivity contribution is 5.86. The number of allylic oxidation sites excluding steroid dienone is 2. The summed E-state index contributed by atoms with van der Waals surface area (Å²) in [6.45, 7) is -0.194. The van der Waals surface area contributed by atoms with Crippen LogP contribution < -0.4 is 16.0 Å². The highest BCUT2D eigenvalue weighted by Gasteiger charge is 2.35. The lowest BCUT2D eigenvalue weighted by molar-refractivity contribution is -0.155. The molecule has 0 bridgehead atoms. The van der Waals surface area contributed by atoms with Crippen LogP contribution in [-0.4, -0.2) is 74.0 Å². The molecule has 5 unspecified atom stereocenters. The van der Waals surface area contributed by atoms with E-state index in [2.05, 4.69) is 28.1 Å². The summed E-state index contributed by atoms with van der Waals surface area (Å²) in [5.74, 6) is -2.42. The summed E-state index contributed by atoms with van der Waals surface area (Å²) >= 11 is 0. The molecule has 0 fully saturated rings. The third-order valence-electron chi connectivity index (χ3n) is 10.3. The van der Waals surface area contributed by atoms with Gasteiger partial charge in [0.05, 0.1) is 31.2 Å². The van der Waals surface area contributed by atoms with E-state index in [1.807, 2.05) is 78.9 Å². The average molecular weight is 760 g/mol. The van der Waals surface area contributed by atoms with Gasteiger partial charge in [-0.25, -0.2) is 9.59 Å². The van der Waals surface area contributed by atoms with Gasteiger partial charge in [0.1, 0.15) is 18.8 Å². The van der Waals surface area contributed by atoms with Crippen LogP contribution in [0.15, 0.2) is 121 Å². The van der Waals surface area contributed by atoms with Gasteiger partial charge in [0.25, 0.3) is 0 Å². The van der Waals surface area contributed by atoms with Crippen LogP contribution in [-0.2, 0) is 35.0 Å². The number of rotatable bonds is 12. The molecule has 1 aliphatic carbocycles. The molecule has 1 heterocycles. The van der Waals surface area contributed by atoms with E-state index < -0.39 is 48.1 Å². The number of alkyl carbamates (subject to hydrolysis) is 1. The molecule has 11 heteroatoms. The van der Waals surface area contributed by atoms with E-state index in [1.54, 1.807) is 30.3 Å². The summed E-state index contributed by atoms with van der Waals surface area (Å²) in [6, 6.07) is 32.2. The fraction of sp³-hybridized carbons (Fsp3) is 0.333. The summed E-state index contributed by atoms with van der Waals surface area (Å²) in [7, 11) is 1.48. The maximum Gasteiger partial charge on any atom is 0.407 e. The zero-order valence-corrected chi connectivity index (χ0v) is 31.5. The molecule has 0 saturated heterocycles. The van der Waals surface area contributed by atoms with Crippen molar-refractivity contribution in [1.29, 1.82) is 0 Å². The zero-order chi connectivity index (χ0) is 39.3. The highest BCUT2D eigenvalue weighted by atomic mass is 16.6. The molecule has 292 valence electrons. The van der Waals surface area contributed by atoms with Crippen LogP contribution in [0.1, 0.15) is 60.0 Å². The third kappa shape index (κ3) is 10.3. The van der Waals surface area contributed by atoms with Crippen molar-refractivity contribution in [3.8, 4) is 11.1 Å². The molecular formula is C45H49N3O8. The maximum atomic E-state index is 14.0. The Bertz CT molecular complexity index is 1920. The van der Waals surface area contributed by atoms with E-state index in [9.17, 15) is 24.3 Å². The Morgan fingerprint density at radius 3 is 2.16 bits per heavy atom. The quantitative estimate of drug-likeness (QED) is 0.105. The Kier molecular flexibility index (Phi) is 14.0. The number of nitrogens with one attached hydrogen (secondary N) is 3. The number of ether oxygens (including phenoxy) is 3. The summed E-state index contributed by atoms with van der Waals surface area (Å²) < 4.78 is 17.4. The SMILES string of the molecule is COCC1NC(=O)C(CC(=O)NC(CO)Cc2ccccc2)CC=CCCC(NC(=O)OCC2c3ccccc3-c3ccccc32)C(=O)OC1c1ccccc1. The molecule has 56 heavy (non-hydrogen) atoms. The van der Waals surface area contributed by atoms with E-state index in [4.69, 9.17) is 14.2 Å². The maximum absolute atomic E-state index is 14.0. The Labute approximate surface area is 327 Å². The van der Waals surface area contributed by atoms with Crippen LogP contribution in [0, 0.1) is 5.92 Å². The topological polar surface area (TPSA) is 152 Å². The number of aliphatic hydroxyl groups is 1. The van der Waals surface area contributed by atoms with E-state index in [-0.39, 0.29) is 50.9 Å². The van der Waals surface area contributed by atoms with Gasteiger partial charge in [-0.05, 0) is 59.1 Å². The number of methoxy groups -OCH3 is 1. The second-order valence-corrected chi connectivity index (χ2v) is 14.2. The Morgan fingerprint density at radius 2 is 1.50 bits per heavy atom. The molecule has 2 aliphatic rings. The number of amides is 3. The summed E-state index contributed by atoms with van der Waals surface area (Å²) in [4.78, 5) is 54.6. The molecule has 0 spiro atoms. The largest absolute Gasteiger partial charge is 0.454 e. The molecule has 1 aliphatic heterocycles. The Hall–Kier alpha value is -5.78. The molecule has 11 nitrogen and oxygen atoms in total. The first-order chi connectivity index (χ1) is 27.3. The first-order valence-electron chi connectivity index (χ1n) is 19.1. The second kappa shape index (κ2) is 19.7. The van der Waals surface area contributed by atoms with Gasteiger partial charge >= 0.3 is 12.1 Å². The molecule has 0 radical (unpaired) electrons. The van der Waals surface area contributed by atoms with Crippen LogP contribution in [0.4, 0.5) is 4.79 Å². The van der Waals surface area contributed by atoms with Gasteiger partial charge in [0.2, 0.25) is 11.8 Å². The number of carbonyl (C=O) groups excluding carboxylic acids is 4. The van der Waals surface area contributed by atoms with Gasteiger partial charge in [-0.15, -0.1) is 0 Å². The fourth-order valence-corrected chi connectivity index (χ4v) is 7.44. The van der Waals surface area contributed by atoms with Crippen molar-refractivity contribution in [2.45, 2.75) is 62.3 Å². The predicted octanol–water partition coefficient (Wildman–Crippen LogP) is 5.78. The Balaban J connectivity index is 1.18. The summed E-state index contributed by atoms with van der Waals surface area (Å²) in [6.07, 6.45) is 2.98. The molecule has 5 atom stereocenters. The average Bonchev–Trinajstić information content (AvgIpc) is 3.54. The van der Waals surface area contributed by atoms with Crippen molar-refractivity contribution in [1.82, 2.24) is 16.0 Å².